The van der Waals surface area contributed by atoms with E-state index in [1.165, 1.54) is 4.85 Å². The molecule has 1 aromatic heterocycles. The van der Waals surface area contributed by atoms with Crippen molar-refractivity contribution in [3.05, 3.63) is 60.0 Å². The third-order valence-electron chi connectivity index (χ3n) is 3.46. The molecule has 1 saturated carbocycles. The molecule has 3 rings (SSSR count). The van der Waals surface area contributed by atoms with E-state index in [-0.39, 0.29) is 0 Å². The number of hydrogen-bond acceptors (Lipinski definition) is 4. The van der Waals surface area contributed by atoms with Crippen molar-refractivity contribution in [2.45, 2.75) is 32.6 Å². The number of nitrogens with zero attached hydrogens (tertiary/aromatic N) is 4. The van der Waals surface area contributed by atoms with Crippen LogP contribution in [-0.2, 0) is 0 Å². The number of hydrogen-bond donors (Lipinski definition) is 0. The Bertz CT molecular complexity index is 771. The molecular weight excluding hydrogens is 300 g/mol. The van der Waals surface area contributed by atoms with Gasteiger partial charge < -0.3 is 4.84 Å². The van der Waals surface area contributed by atoms with Crippen LogP contribution < -0.4 is 4.84 Å². The van der Waals surface area contributed by atoms with Crippen LogP contribution >= 0.6 is 0 Å². The first-order valence-electron chi connectivity index (χ1n) is 8.16. The molecule has 0 radical (unpaired) electrons. The minimum atomic E-state index is 0.409. The van der Waals surface area contributed by atoms with E-state index in [1.54, 1.807) is 19.4 Å². The highest BCUT2D eigenvalue weighted by molar-refractivity contribution is 5.60. The fraction of sp³-hybridized carbons (Fsp3) is 0.316. The van der Waals surface area contributed by atoms with Crippen LogP contribution in [0.15, 0.2) is 48.7 Å². The Labute approximate surface area is 142 Å². The van der Waals surface area contributed by atoms with E-state index in [1.807, 2.05) is 50.2 Å². The molecule has 0 unspecified atom stereocenters. The highest BCUT2D eigenvalue weighted by Crippen LogP contribution is 2.37. The van der Waals surface area contributed by atoms with E-state index in [9.17, 15) is 0 Å². The number of rotatable bonds is 3. The predicted molar refractivity (Wildman–Crippen MR) is 93.6 cm³/mol. The van der Waals surface area contributed by atoms with Gasteiger partial charge in [-0.15, -0.1) is 5.10 Å². The second kappa shape index (κ2) is 8.68. The van der Waals surface area contributed by atoms with Gasteiger partial charge in [-0.1, -0.05) is 36.9 Å². The molecule has 0 aliphatic heterocycles. The standard InChI is InChI=1S/C17H16N4O.C2H6/c1-22-21-16(15-6-4-5-13(11-15)12-18)7-2-3-10-19-17(20-21)14-8-9-14;1-2/h2-7,10-11,14H,8-9H2,1H3;1-2H3. The van der Waals surface area contributed by atoms with Crippen molar-refractivity contribution in [3.63, 3.8) is 0 Å². The topological polar surface area (TPSA) is 63.7 Å². The average molecular weight is 322 g/mol. The predicted octanol–water partition coefficient (Wildman–Crippen LogP) is 3.90. The molecule has 0 N–H and O–H groups in total. The van der Waals surface area contributed by atoms with Gasteiger partial charge in [0, 0.05) is 17.7 Å². The summed E-state index contributed by atoms with van der Waals surface area (Å²) < 4.78 is 0. The lowest BCUT2D eigenvalue weighted by molar-refractivity contribution is 0.132. The van der Waals surface area contributed by atoms with Crippen LogP contribution in [-0.4, -0.2) is 22.0 Å². The molecule has 2 aromatic rings. The minimum absolute atomic E-state index is 0.409. The molecule has 1 aliphatic carbocycles. The van der Waals surface area contributed by atoms with Crippen molar-refractivity contribution in [2.75, 3.05) is 7.11 Å². The first kappa shape index (κ1) is 17.5. The molecule has 0 bridgehead atoms. The summed E-state index contributed by atoms with van der Waals surface area (Å²) in [4.78, 5) is 11.3. The molecule has 5 nitrogen and oxygen atoms in total. The average Bonchev–Trinajstić information content (AvgIpc) is 3.47. The van der Waals surface area contributed by atoms with Gasteiger partial charge in [-0.2, -0.15) is 5.26 Å². The Morgan fingerprint density at radius 2 is 1.96 bits per heavy atom. The fourth-order valence-electron chi connectivity index (χ4n) is 2.17. The van der Waals surface area contributed by atoms with Gasteiger partial charge in [-0.3, -0.25) is 0 Å². The van der Waals surface area contributed by atoms with Crippen molar-refractivity contribution < 1.29 is 4.84 Å². The zero-order chi connectivity index (χ0) is 17.4. The maximum Gasteiger partial charge on any atom is 0.155 e. The molecule has 1 heterocycles. The van der Waals surface area contributed by atoms with Crippen LogP contribution in [0, 0.1) is 11.3 Å². The molecule has 1 fully saturated rings. The molecule has 124 valence electrons. The Kier molecular flexibility index (Phi) is 6.32. The summed E-state index contributed by atoms with van der Waals surface area (Å²) >= 11 is 0. The van der Waals surface area contributed by atoms with E-state index < -0.39 is 0 Å². The van der Waals surface area contributed by atoms with Crippen molar-refractivity contribution in [1.82, 2.24) is 14.9 Å². The summed E-state index contributed by atoms with van der Waals surface area (Å²) in [5.74, 6) is 1.18. The second-order valence-electron chi connectivity index (χ2n) is 5.10. The Morgan fingerprint density at radius 1 is 1.17 bits per heavy atom. The number of aromatic nitrogens is 3. The molecule has 5 heteroatoms. The summed E-state index contributed by atoms with van der Waals surface area (Å²) in [5.41, 5.74) is 2.23. The Hall–Kier alpha value is -2.87. The van der Waals surface area contributed by atoms with E-state index in [4.69, 9.17) is 10.1 Å². The van der Waals surface area contributed by atoms with Gasteiger partial charge in [0.1, 0.15) is 12.8 Å². The third-order valence-corrected chi connectivity index (χ3v) is 3.46. The maximum absolute atomic E-state index is 9.08. The first-order valence-corrected chi connectivity index (χ1v) is 8.16. The summed E-state index contributed by atoms with van der Waals surface area (Å²) in [7, 11) is 1.57. The highest BCUT2D eigenvalue weighted by Gasteiger charge is 2.26. The van der Waals surface area contributed by atoms with Crippen molar-refractivity contribution >= 4 is 0 Å². The fourth-order valence-corrected chi connectivity index (χ4v) is 2.17. The van der Waals surface area contributed by atoms with Gasteiger partial charge in [-0.05, 0) is 37.1 Å². The van der Waals surface area contributed by atoms with Gasteiger partial charge in [0.15, 0.2) is 5.82 Å². The van der Waals surface area contributed by atoms with Crippen molar-refractivity contribution in [2.24, 2.45) is 0 Å². The van der Waals surface area contributed by atoms with Gasteiger partial charge >= 0.3 is 0 Å². The summed E-state index contributed by atoms with van der Waals surface area (Å²) in [5, 5.41) is 13.6. The van der Waals surface area contributed by atoms with Crippen LogP contribution in [0.5, 0.6) is 0 Å². The van der Waals surface area contributed by atoms with E-state index in [2.05, 4.69) is 16.2 Å². The zero-order valence-electron chi connectivity index (χ0n) is 14.3. The number of benzene rings is 1. The maximum atomic E-state index is 9.08. The molecule has 0 saturated heterocycles. The van der Waals surface area contributed by atoms with Crippen LogP contribution in [0.1, 0.15) is 44.0 Å². The smallest absolute Gasteiger partial charge is 0.155 e. The lowest BCUT2D eigenvalue weighted by atomic mass is 10.1. The van der Waals surface area contributed by atoms with Crippen LogP contribution in [0.3, 0.4) is 0 Å². The summed E-state index contributed by atoms with van der Waals surface area (Å²) in [6, 6.07) is 15.2. The zero-order valence-corrected chi connectivity index (χ0v) is 14.3. The van der Waals surface area contributed by atoms with E-state index in [0.29, 0.717) is 11.5 Å². The largest absolute Gasteiger partial charge is 0.399 e. The van der Waals surface area contributed by atoms with Gasteiger partial charge in [0.05, 0.1) is 11.6 Å². The second-order valence-corrected chi connectivity index (χ2v) is 5.10. The minimum Gasteiger partial charge on any atom is -0.399 e. The Balaban J connectivity index is 0.00000100. The van der Waals surface area contributed by atoms with Crippen LogP contribution in [0.4, 0.5) is 0 Å². The monoisotopic (exact) mass is 322 g/mol. The molecule has 0 spiro atoms. The molecule has 1 aromatic carbocycles. The van der Waals surface area contributed by atoms with Gasteiger partial charge in [-0.25, -0.2) is 4.98 Å². The van der Waals surface area contributed by atoms with E-state index >= 15 is 0 Å². The SMILES string of the molecule is CC.COn1nc(C2CC2)nccccc1-c1cccc(C#N)c1. The molecule has 24 heavy (non-hydrogen) atoms. The molecule has 0 amide bonds. The van der Waals surface area contributed by atoms with Crippen LogP contribution in [0.2, 0.25) is 0 Å². The normalized spacial score (nSPS) is 12.2. The molecule has 0 atom stereocenters. The Morgan fingerprint density at radius 3 is 2.62 bits per heavy atom. The quantitative estimate of drug-likeness (QED) is 0.859. The summed E-state index contributed by atoms with van der Waals surface area (Å²) in [6.07, 6.45) is 3.97. The van der Waals surface area contributed by atoms with E-state index in [0.717, 1.165) is 29.9 Å². The van der Waals surface area contributed by atoms with Gasteiger partial charge in [0.2, 0.25) is 0 Å². The number of nitriles is 1. The first-order chi connectivity index (χ1) is 11.8. The lowest BCUT2D eigenvalue weighted by Gasteiger charge is -2.09. The van der Waals surface area contributed by atoms with Crippen molar-refractivity contribution in [3.8, 4) is 17.3 Å². The summed E-state index contributed by atoms with van der Waals surface area (Å²) in [6.45, 7) is 4.00. The highest BCUT2D eigenvalue weighted by atomic mass is 16.7. The lowest BCUT2D eigenvalue weighted by Crippen LogP contribution is -2.13. The van der Waals surface area contributed by atoms with Crippen LogP contribution in [0.25, 0.3) is 11.3 Å². The third kappa shape index (κ3) is 4.32. The van der Waals surface area contributed by atoms with Gasteiger partial charge in [0.25, 0.3) is 0 Å². The molecule has 1 aliphatic rings. The molecular formula is C19H22N4O. The van der Waals surface area contributed by atoms with Crippen molar-refractivity contribution in [1.29, 1.82) is 5.26 Å².